The molecule has 0 unspecified atom stereocenters. The maximum Gasteiger partial charge on any atom is 0.254 e. The van der Waals surface area contributed by atoms with Gasteiger partial charge in [0.25, 0.3) is 5.95 Å². The first-order valence-electron chi connectivity index (χ1n) is 10.4. The molecule has 0 amide bonds. The molecule has 3 rings (SSSR count). The van der Waals surface area contributed by atoms with Crippen molar-refractivity contribution in [3.05, 3.63) is 4.60 Å². The molecule has 3 atom stereocenters. The Morgan fingerprint density at radius 3 is 2.60 bits per heavy atom. The molecule has 30 heavy (non-hydrogen) atoms. The maximum absolute atomic E-state index is 10.1. The van der Waals surface area contributed by atoms with E-state index >= 15 is 0 Å². The monoisotopic (exact) mass is 483 g/mol. The molecule has 0 aliphatic carbocycles. The highest BCUT2D eigenvalue weighted by atomic mass is 79.9. The predicted octanol–water partition coefficient (Wildman–Crippen LogP) is 2.37. The summed E-state index contributed by atoms with van der Waals surface area (Å²) in [5, 5.41) is 24.4. The summed E-state index contributed by atoms with van der Waals surface area (Å²) >= 11 is 3.40. The number of halogens is 1. The maximum atomic E-state index is 10.1. The molecule has 0 bridgehead atoms. The van der Waals surface area contributed by atoms with Gasteiger partial charge < -0.3 is 25.6 Å². The third-order valence-corrected chi connectivity index (χ3v) is 5.67. The summed E-state index contributed by atoms with van der Waals surface area (Å²) in [7, 11) is 0. The van der Waals surface area contributed by atoms with E-state index in [1.165, 1.54) is 0 Å². The lowest BCUT2D eigenvalue weighted by Gasteiger charge is -2.18. The van der Waals surface area contributed by atoms with Crippen molar-refractivity contribution >= 4 is 45.1 Å². The highest BCUT2D eigenvalue weighted by Crippen LogP contribution is 2.35. The zero-order valence-electron chi connectivity index (χ0n) is 17.4. The third kappa shape index (κ3) is 5.08. The smallest absolute Gasteiger partial charge is 0.254 e. The summed E-state index contributed by atoms with van der Waals surface area (Å²) in [6.45, 7) is 5.91. The van der Waals surface area contributed by atoms with Crippen LogP contribution in [-0.4, -0.2) is 73.1 Å². The van der Waals surface area contributed by atoms with Crippen LogP contribution in [0.25, 0.3) is 11.0 Å². The first kappa shape index (κ1) is 22.9. The molecule has 2 aromatic rings. The molecule has 0 aromatic carbocycles. The molecule has 2 aromatic heterocycles. The first-order valence-corrected chi connectivity index (χ1v) is 11.2. The van der Waals surface area contributed by atoms with E-state index in [1.54, 1.807) is 11.0 Å². The van der Waals surface area contributed by atoms with E-state index in [-0.39, 0.29) is 18.4 Å². The van der Waals surface area contributed by atoms with Crippen molar-refractivity contribution in [2.45, 2.75) is 64.4 Å². The minimum atomic E-state index is -0.777. The number of anilines is 1. The molecule has 0 saturated carbocycles. The van der Waals surface area contributed by atoms with E-state index in [2.05, 4.69) is 54.7 Å². The number of hydrogen-bond donors (Lipinski definition) is 3. The number of aliphatic imine (C=N–C) groups is 1. The van der Waals surface area contributed by atoms with Gasteiger partial charge in [-0.15, -0.1) is 0 Å². The van der Waals surface area contributed by atoms with Crippen LogP contribution in [0.3, 0.4) is 0 Å². The largest absolute Gasteiger partial charge is 0.394 e. The second-order valence-electron chi connectivity index (χ2n) is 7.45. The highest BCUT2D eigenvalue weighted by molar-refractivity contribution is 9.10. The Kier molecular flexibility index (Phi) is 7.98. The number of rotatable bonds is 10. The number of nitrogen functional groups attached to an aromatic ring is 1. The Bertz CT molecular complexity index is 867. The summed E-state index contributed by atoms with van der Waals surface area (Å²) in [5.74, 6) is 0.500. The van der Waals surface area contributed by atoms with Gasteiger partial charge in [-0.05, 0) is 28.8 Å². The van der Waals surface area contributed by atoms with Gasteiger partial charge in [0.15, 0.2) is 11.9 Å². The SMILES string of the molecule is CCCCN(C=Nc1nc(N)c2c(Br)nn([C@H]3C[C@H](O)[C@@H](CO)O3)c2n1)CCCC. The van der Waals surface area contributed by atoms with Gasteiger partial charge in [0, 0.05) is 19.5 Å². The topological polar surface area (TPSA) is 135 Å². The number of aliphatic hydroxyl groups excluding tert-OH is 2. The number of aromatic nitrogens is 4. The van der Waals surface area contributed by atoms with E-state index in [1.807, 2.05) is 0 Å². The fourth-order valence-electron chi connectivity index (χ4n) is 3.38. The molecule has 166 valence electrons. The molecule has 0 spiro atoms. The van der Waals surface area contributed by atoms with Crippen LogP contribution in [0.15, 0.2) is 9.60 Å². The van der Waals surface area contributed by atoms with Gasteiger partial charge in [-0.1, -0.05) is 26.7 Å². The second-order valence-corrected chi connectivity index (χ2v) is 8.20. The van der Waals surface area contributed by atoms with Crippen LogP contribution in [0, 0.1) is 0 Å². The minimum absolute atomic E-state index is 0.240. The predicted molar refractivity (Wildman–Crippen MR) is 119 cm³/mol. The molecule has 4 N–H and O–H groups in total. The fraction of sp³-hybridized carbons (Fsp3) is 0.684. The van der Waals surface area contributed by atoms with Gasteiger partial charge in [0.2, 0.25) is 0 Å². The Balaban J connectivity index is 1.90. The van der Waals surface area contributed by atoms with Crippen molar-refractivity contribution in [2.24, 2.45) is 4.99 Å². The van der Waals surface area contributed by atoms with Crippen LogP contribution in [0.1, 0.15) is 52.2 Å². The van der Waals surface area contributed by atoms with E-state index < -0.39 is 18.4 Å². The fourth-order valence-corrected chi connectivity index (χ4v) is 3.93. The van der Waals surface area contributed by atoms with Crippen molar-refractivity contribution in [3.8, 4) is 0 Å². The van der Waals surface area contributed by atoms with Crippen LogP contribution < -0.4 is 5.73 Å². The molecule has 1 aliphatic heterocycles. The first-order chi connectivity index (χ1) is 14.5. The molecule has 11 heteroatoms. The zero-order valence-corrected chi connectivity index (χ0v) is 19.0. The molecule has 1 saturated heterocycles. The van der Waals surface area contributed by atoms with E-state index in [0.29, 0.717) is 22.1 Å². The number of nitrogens with zero attached hydrogens (tertiary/aromatic N) is 6. The van der Waals surface area contributed by atoms with Gasteiger partial charge in [-0.2, -0.15) is 15.1 Å². The lowest BCUT2D eigenvalue weighted by atomic mass is 10.2. The van der Waals surface area contributed by atoms with Crippen LogP contribution in [-0.2, 0) is 4.74 Å². The summed E-state index contributed by atoms with van der Waals surface area (Å²) in [4.78, 5) is 15.5. The van der Waals surface area contributed by atoms with Crippen molar-refractivity contribution in [2.75, 3.05) is 25.4 Å². The van der Waals surface area contributed by atoms with Crippen LogP contribution in [0.2, 0.25) is 0 Å². The lowest BCUT2D eigenvalue weighted by molar-refractivity contribution is -0.0471. The molecule has 3 heterocycles. The number of unbranched alkanes of at least 4 members (excludes halogenated alkanes) is 2. The van der Waals surface area contributed by atoms with E-state index in [4.69, 9.17) is 10.5 Å². The van der Waals surface area contributed by atoms with Crippen LogP contribution >= 0.6 is 15.9 Å². The Hall–Kier alpha value is -1.82. The normalized spacial score (nSPS) is 21.8. The number of nitrogens with two attached hydrogens (primary N) is 1. The van der Waals surface area contributed by atoms with Gasteiger partial charge in [0.05, 0.1) is 24.4 Å². The van der Waals surface area contributed by atoms with E-state index in [9.17, 15) is 10.2 Å². The van der Waals surface area contributed by atoms with Gasteiger partial charge >= 0.3 is 0 Å². The van der Waals surface area contributed by atoms with Crippen molar-refractivity contribution in [1.29, 1.82) is 0 Å². The highest BCUT2D eigenvalue weighted by Gasteiger charge is 2.36. The molecule has 10 nitrogen and oxygen atoms in total. The third-order valence-electron chi connectivity index (χ3n) is 5.12. The van der Waals surface area contributed by atoms with Gasteiger partial charge in [0.1, 0.15) is 16.5 Å². The summed E-state index contributed by atoms with van der Waals surface area (Å²) in [6.07, 6.45) is 4.47. The number of aliphatic hydroxyl groups is 2. The molecular weight excluding hydrogens is 454 g/mol. The van der Waals surface area contributed by atoms with Crippen molar-refractivity contribution < 1.29 is 14.9 Å². The summed E-state index contributed by atoms with van der Waals surface area (Å²) in [6, 6.07) is 0. The number of ether oxygens (including phenoxy) is 1. The average Bonchev–Trinajstić information content (AvgIpc) is 3.27. The summed E-state index contributed by atoms with van der Waals surface area (Å²) in [5.41, 5.74) is 6.63. The standard InChI is InChI=1S/C19H30BrN7O3/c1-3-5-7-26(8-6-4-2)11-22-19-23-17(21)15-16(20)25-27(18(15)24-19)14-9-12(29)13(10-28)30-14/h11-14,28-29H,3-10H2,1-2H3,(H2,21,23,24)/t12-,13+,14+/m0/s1. The van der Waals surface area contributed by atoms with Crippen molar-refractivity contribution in [3.63, 3.8) is 0 Å². The van der Waals surface area contributed by atoms with Gasteiger partial charge in [-0.3, -0.25) is 0 Å². The Morgan fingerprint density at radius 1 is 1.30 bits per heavy atom. The zero-order chi connectivity index (χ0) is 21.7. The minimum Gasteiger partial charge on any atom is -0.394 e. The molecule has 1 fully saturated rings. The number of fused-ring (bicyclic) bond motifs is 1. The summed E-state index contributed by atoms with van der Waals surface area (Å²) < 4.78 is 7.77. The van der Waals surface area contributed by atoms with E-state index in [0.717, 1.165) is 38.8 Å². The number of hydrogen-bond acceptors (Lipinski definition) is 8. The van der Waals surface area contributed by atoms with Gasteiger partial charge in [-0.25, -0.2) is 9.67 Å². The second kappa shape index (κ2) is 10.5. The Labute approximate surface area is 184 Å². The molecule has 1 aliphatic rings. The molecule has 0 radical (unpaired) electrons. The lowest BCUT2D eigenvalue weighted by Crippen LogP contribution is -2.24. The quantitative estimate of drug-likeness (QED) is 0.346. The Morgan fingerprint density at radius 2 is 2.00 bits per heavy atom. The average molecular weight is 484 g/mol. The van der Waals surface area contributed by atoms with Crippen LogP contribution in [0.4, 0.5) is 11.8 Å². The van der Waals surface area contributed by atoms with Crippen molar-refractivity contribution in [1.82, 2.24) is 24.6 Å². The van der Waals surface area contributed by atoms with Crippen LogP contribution in [0.5, 0.6) is 0 Å². The molecular formula is C19H30BrN7O3.